The van der Waals surface area contributed by atoms with Crippen LogP contribution in [0.5, 0.6) is 11.8 Å². The molecule has 1 fully saturated rings. The zero-order valence-electron chi connectivity index (χ0n) is 15.9. The van der Waals surface area contributed by atoms with Crippen molar-refractivity contribution in [2.75, 3.05) is 26.8 Å². The van der Waals surface area contributed by atoms with Crippen molar-refractivity contribution >= 4 is 5.65 Å². The van der Waals surface area contributed by atoms with Gasteiger partial charge in [-0.3, -0.25) is 9.78 Å². The van der Waals surface area contributed by atoms with E-state index in [4.69, 9.17) is 9.47 Å². The Kier molecular flexibility index (Phi) is 4.27. The smallest absolute Gasteiger partial charge is 0.314 e. The van der Waals surface area contributed by atoms with Crippen LogP contribution >= 0.6 is 0 Å². The highest BCUT2D eigenvalue weighted by Gasteiger charge is 2.22. The van der Waals surface area contributed by atoms with E-state index in [-0.39, 0.29) is 17.2 Å². The summed E-state index contributed by atoms with van der Waals surface area (Å²) in [6.45, 7) is 2.30. The molecule has 0 unspecified atom stereocenters. The van der Waals surface area contributed by atoms with E-state index in [1.54, 1.807) is 10.7 Å². The van der Waals surface area contributed by atoms with Crippen LogP contribution in [0.15, 0.2) is 29.2 Å². The van der Waals surface area contributed by atoms with Crippen molar-refractivity contribution in [1.29, 1.82) is 0 Å². The van der Waals surface area contributed by atoms with Gasteiger partial charge in [-0.05, 0) is 32.0 Å². The topological polar surface area (TPSA) is 84.8 Å². The number of aromatic amines is 1. The van der Waals surface area contributed by atoms with Gasteiger partial charge in [0.15, 0.2) is 0 Å². The highest BCUT2D eigenvalue weighted by Crippen LogP contribution is 2.31. The Hall–Kier alpha value is -2.87. The van der Waals surface area contributed by atoms with E-state index in [0.717, 1.165) is 36.4 Å². The van der Waals surface area contributed by atoms with E-state index in [0.29, 0.717) is 25.7 Å². The highest BCUT2D eigenvalue weighted by molar-refractivity contribution is 5.46. The molecular weight excluding hydrogens is 358 g/mol. The molecule has 28 heavy (non-hydrogen) atoms. The van der Waals surface area contributed by atoms with Crippen molar-refractivity contribution in [3.8, 4) is 11.8 Å². The first-order valence-corrected chi connectivity index (χ1v) is 9.72. The normalized spacial score (nSPS) is 19.1. The summed E-state index contributed by atoms with van der Waals surface area (Å²) >= 11 is 0. The van der Waals surface area contributed by atoms with Gasteiger partial charge in [-0.25, -0.2) is 9.50 Å². The van der Waals surface area contributed by atoms with Crippen LogP contribution < -0.4 is 15.0 Å². The number of para-hydroxylation sites is 1. The number of hydrogen-bond acceptors (Lipinski definition) is 6. The quantitative estimate of drug-likeness (QED) is 0.720. The number of likely N-dealkylation sites (tertiary alicyclic amines) is 1. The van der Waals surface area contributed by atoms with E-state index in [9.17, 15) is 4.79 Å². The molecule has 0 spiro atoms. The van der Waals surface area contributed by atoms with Crippen LogP contribution in [-0.2, 0) is 12.8 Å². The van der Waals surface area contributed by atoms with E-state index in [2.05, 4.69) is 33.1 Å². The van der Waals surface area contributed by atoms with Gasteiger partial charge in [-0.1, -0.05) is 18.2 Å². The molecule has 0 radical (unpaired) electrons. The molecule has 1 aromatic carbocycles. The number of hydrogen-bond donors (Lipinski definition) is 1. The lowest BCUT2D eigenvalue weighted by Crippen LogP contribution is -2.31. The Balaban J connectivity index is 1.43. The summed E-state index contributed by atoms with van der Waals surface area (Å²) in [6.07, 6.45) is 5.48. The molecule has 2 aromatic heterocycles. The Morgan fingerprint density at radius 3 is 3.18 bits per heavy atom. The minimum Gasteiger partial charge on any atom is -0.493 e. The number of ether oxygens (including phenoxy) is 2. The molecule has 0 bridgehead atoms. The average molecular weight is 381 g/mol. The number of H-pyrrole nitrogens is 1. The molecule has 0 amide bonds. The van der Waals surface area contributed by atoms with Crippen molar-refractivity contribution in [2.24, 2.45) is 0 Å². The van der Waals surface area contributed by atoms with Crippen molar-refractivity contribution in [2.45, 2.75) is 31.7 Å². The standard InChI is InChI=1S/C20H23N5O3/c1-24-8-3-6-15(24)12-28-20-22-19(26)18-21-11-16(25(18)23-20)10-14-5-2-4-13-7-9-27-17(13)14/h2,4-5,11,15H,3,6-10,12H2,1H3,(H,22,23,26)/t15-/m0/s1. The predicted octanol–water partition coefficient (Wildman–Crippen LogP) is 1.42. The van der Waals surface area contributed by atoms with Gasteiger partial charge in [0, 0.05) is 24.4 Å². The van der Waals surface area contributed by atoms with Gasteiger partial charge in [0.2, 0.25) is 5.65 Å². The number of nitrogens with zero attached hydrogens (tertiary/aromatic N) is 4. The van der Waals surface area contributed by atoms with Crippen LogP contribution in [0.4, 0.5) is 0 Å². The molecule has 2 aliphatic rings. The van der Waals surface area contributed by atoms with Crippen LogP contribution in [-0.4, -0.2) is 57.3 Å². The van der Waals surface area contributed by atoms with Crippen LogP contribution in [0, 0.1) is 0 Å². The first-order valence-electron chi connectivity index (χ1n) is 9.72. The van der Waals surface area contributed by atoms with Gasteiger partial charge < -0.3 is 14.4 Å². The van der Waals surface area contributed by atoms with E-state index in [1.165, 1.54) is 12.0 Å². The number of likely N-dealkylation sites (N-methyl/N-ethyl adjacent to an activating group) is 1. The van der Waals surface area contributed by atoms with Gasteiger partial charge in [0.05, 0.1) is 18.5 Å². The van der Waals surface area contributed by atoms with E-state index in [1.807, 2.05) is 12.1 Å². The summed E-state index contributed by atoms with van der Waals surface area (Å²) in [5.41, 5.74) is 3.10. The maximum Gasteiger partial charge on any atom is 0.314 e. The summed E-state index contributed by atoms with van der Waals surface area (Å²) in [5.74, 6) is 0.947. The van der Waals surface area contributed by atoms with Crippen molar-refractivity contribution in [3.05, 3.63) is 51.6 Å². The molecule has 0 saturated carbocycles. The molecule has 8 nitrogen and oxygen atoms in total. The minimum atomic E-state index is -0.300. The Bertz CT molecular complexity index is 1070. The molecule has 1 N–H and O–H groups in total. The Morgan fingerprint density at radius 1 is 1.39 bits per heavy atom. The fourth-order valence-corrected chi connectivity index (χ4v) is 4.08. The van der Waals surface area contributed by atoms with Crippen molar-refractivity contribution in [1.82, 2.24) is 24.5 Å². The first-order chi connectivity index (χ1) is 13.7. The molecule has 1 saturated heterocycles. The van der Waals surface area contributed by atoms with Crippen LogP contribution in [0.25, 0.3) is 5.65 Å². The van der Waals surface area contributed by atoms with Crippen molar-refractivity contribution in [3.63, 3.8) is 0 Å². The minimum absolute atomic E-state index is 0.228. The maximum absolute atomic E-state index is 12.4. The predicted molar refractivity (Wildman–Crippen MR) is 103 cm³/mol. The van der Waals surface area contributed by atoms with Gasteiger partial charge in [0.25, 0.3) is 5.56 Å². The number of benzene rings is 1. The summed E-state index contributed by atoms with van der Waals surface area (Å²) < 4.78 is 13.2. The third kappa shape index (κ3) is 3.03. The molecule has 2 aliphatic heterocycles. The molecular formula is C20H23N5O3. The van der Waals surface area contributed by atoms with Crippen LogP contribution in [0.3, 0.4) is 0 Å². The second kappa shape index (κ2) is 6.94. The first kappa shape index (κ1) is 17.2. The monoisotopic (exact) mass is 381 g/mol. The molecule has 4 heterocycles. The van der Waals surface area contributed by atoms with E-state index >= 15 is 0 Å². The van der Waals surface area contributed by atoms with Gasteiger partial charge >= 0.3 is 6.01 Å². The highest BCUT2D eigenvalue weighted by atomic mass is 16.5. The lowest BCUT2D eigenvalue weighted by molar-refractivity contribution is 0.185. The fraction of sp³-hybridized carbons (Fsp3) is 0.450. The van der Waals surface area contributed by atoms with Gasteiger partial charge in [-0.15, -0.1) is 5.10 Å². The molecule has 8 heteroatoms. The summed E-state index contributed by atoms with van der Waals surface area (Å²) in [6, 6.07) is 6.76. The average Bonchev–Trinajstić information content (AvgIpc) is 3.41. The van der Waals surface area contributed by atoms with Gasteiger partial charge in [0.1, 0.15) is 12.4 Å². The molecule has 146 valence electrons. The lowest BCUT2D eigenvalue weighted by atomic mass is 10.0. The Labute approximate surface area is 162 Å². The summed E-state index contributed by atoms with van der Waals surface area (Å²) in [7, 11) is 2.09. The second-order valence-electron chi connectivity index (χ2n) is 7.51. The fourth-order valence-electron chi connectivity index (χ4n) is 4.08. The zero-order chi connectivity index (χ0) is 19.1. The molecule has 3 aromatic rings. The second-order valence-corrected chi connectivity index (χ2v) is 7.51. The molecule has 5 rings (SSSR count). The van der Waals surface area contributed by atoms with Crippen molar-refractivity contribution < 1.29 is 9.47 Å². The van der Waals surface area contributed by atoms with Crippen LogP contribution in [0.1, 0.15) is 29.7 Å². The number of imidazole rings is 1. The lowest BCUT2D eigenvalue weighted by Gasteiger charge is -2.18. The maximum atomic E-state index is 12.4. The Morgan fingerprint density at radius 2 is 2.32 bits per heavy atom. The van der Waals surface area contributed by atoms with Gasteiger partial charge in [-0.2, -0.15) is 0 Å². The summed E-state index contributed by atoms with van der Waals surface area (Å²) in [4.78, 5) is 21.6. The number of nitrogens with one attached hydrogen (secondary N) is 1. The molecule has 1 atom stereocenters. The SMILES string of the molecule is CN1CCC[C@H]1COc1nn2c(Cc3cccc4c3OCC4)cnc2c(=O)[nH]1. The largest absolute Gasteiger partial charge is 0.493 e. The number of rotatable bonds is 5. The zero-order valence-corrected chi connectivity index (χ0v) is 15.9. The molecule has 0 aliphatic carbocycles. The van der Waals surface area contributed by atoms with Crippen LogP contribution in [0.2, 0.25) is 0 Å². The summed E-state index contributed by atoms with van der Waals surface area (Å²) in [5, 5.41) is 4.49. The number of aromatic nitrogens is 4. The number of fused-ring (bicyclic) bond motifs is 2. The van der Waals surface area contributed by atoms with E-state index < -0.39 is 0 Å². The third-order valence-electron chi connectivity index (χ3n) is 5.67. The third-order valence-corrected chi connectivity index (χ3v) is 5.67.